The largest absolute Gasteiger partial charge is 0.475 e. The summed E-state index contributed by atoms with van der Waals surface area (Å²) in [6.45, 7) is 1.95. The number of ketones is 1. The van der Waals surface area contributed by atoms with Crippen LogP contribution in [0.1, 0.15) is 32.0 Å². The molecule has 3 heterocycles. The molecule has 1 atom stereocenters. The molecule has 0 bridgehead atoms. The highest BCUT2D eigenvalue weighted by atomic mass is 32.2. The van der Waals surface area contributed by atoms with Crippen LogP contribution in [0.2, 0.25) is 0 Å². The van der Waals surface area contributed by atoms with Crippen molar-refractivity contribution in [2.24, 2.45) is 0 Å². The van der Waals surface area contributed by atoms with Crippen molar-refractivity contribution >= 4 is 38.4 Å². The predicted octanol–water partition coefficient (Wildman–Crippen LogP) is 2.79. The van der Waals surface area contributed by atoms with Crippen molar-refractivity contribution in [1.82, 2.24) is 40.3 Å². The second-order valence-electron chi connectivity index (χ2n) is 10.6. The third-order valence-electron chi connectivity index (χ3n) is 7.32. The maximum absolute atomic E-state index is 13.4. The third kappa shape index (κ3) is 6.16. The van der Waals surface area contributed by atoms with Gasteiger partial charge in [0.05, 0.1) is 35.6 Å². The van der Waals surface area contributed by atoms with Gasteiger partial charge < -0.3 is 15.4 Å². The Morgan fingerprint density at radius 2 is 1.67 bits per heavy atom. The van der Waals surface area contributed by atoms with Gasteiger partial charge in [0, 0.05) is 22.7 Å². The summed E-state index contributed by atoms with van der Waals surface area (Å²) in [5.74, 6) is -3.15. The number of aromatic amines is 1. The summed E-state index contributed by atoms with van der Waals surface area (Å²) in [5, 5.41) is 28.6. The number of Topliss-reactive ketones (excluding diaryl/α,β-unsaturated/α-hetero) is 1. The van der Waals surface area contributed by atoms with Crippen molar-refractivity contribution in [1.29, 1.82) is 0 Å². The minimum absolute atomic E-state index is 0.00242. The van der Waals surface area contributed by atoms with Crippen LogP contribution in [-0.2, 0) is 27.6 Å². The molecule has 0 fully saturated rings. The van der Waals surface area contributed by atoms with E-state index in [4.69, 9.17) is 5.11 Å². The number of fused-ring (bicyclic) bond motifs is 1. The molecular formula is C31H26N8O6S. The molecule has 3 aromatic heterocycles. The Kier molecular flexibility index (Phi) is 7.98. The van der Waals surface area contributed by atoms with Gasteiger partial charge in [0.2, 0.25) is 14.9 Å². The molecule has 0 radical (unpaired) electrons. The molecule has 15 heteroatoms. The Morgan fingerprint density at radius 1 is 0.935 bits per heavy atom. The maximum atomic E-state index is 13.4. The maximum Gasteiger partial charge on any atom is 0.377 e. The van der Waals surface area contributed by atoms with Crippen molar-refractivity contribution in [3.63, 3.8) is 0 Å². The number of rotatable bonds is 11. The van der Waals surface area contributed by atoms with E-state index >= 15 is 0 Å². The molecule has 3 aromatic carbocycles. The molecule has 0 saturated heterocycles. The molecule has 1 amide bonds. The number of amides is 1. The summed E-state index contributed by atoms with van der Waals surface area (Å²) in [6, 6.07) is 19.2. The van der Waals surface area contributed by atoms with E-state index in [1.165, 1.54) is 58.2 Å². The number of carbonyl (C=O) groups excluding carboxylic acids is 2. The van der Waals surface area contributed by atoms with Gasteiger partial charge in [-0.05, 0) is 61.4 Å². The molecule has 6 aromatic rings. The van der Waals surface area contributed by atoms with Crippen LogP contribution < -0.4 is 5.32 Å². The molecule has 3 N–H and O–H groups in total. The number of aryl methyl sites for hydroxylation is 1. The van der Waals surface area contributed by atoms with Gasteiger partial charge in [-0.2, -0.15) is 0 Å². The third-order valence-corrected chi connectivity index (χ3v) is 8.95. The lowest BCUT2D eigenvalue weighted by atomic mass is 10.0. The van der Waals surface area contributed by atoms with Gasteiger partial charge in [0.1, 0.15) is 0 Å². The fourth-order valence-electron chi connectivity index (χ4n) is 4.93. The minimum atomic E-state index is -3.91. The highest BCUT2D eigenvalue weighted by Gasteiger charge is 2.24. The molecule has 0 aliphatic carbocycles. The van der Waals surface area contributed by atoms with E-state index in [1.807, 2.05) is 37.4 Å². The number of aromatic nitrogens is 7. The highest BCUT2D eigenvalue weighted by Crippen LogP contribution is 2.21. The predicted molar refractivity (Wildman–Crippen MR) is 163 cm³/mol. The lowest BCUT2D eigenvalue weighted by Crippen LogP contribution is -2.40. The van der Waals surface area contributed by atoms with Gasteiger partial charge in [-0.3, -0.25) is 9.59 Å². The number of hydrogen-bond donors (Lipinski definition) is 3. The van der Waals surface area contributed by atoms with E-state index in [-0.39, 0.29) is 27.7 Å². The molecule has 0 aliphatic heterocycles. The number of para-hydroxylation sites is 1. The molecule has 0 unspecified atom stereocenters. The smallest absolute Gasteiger partial charge is 0.377 e. The summed E-state index contributed by atoms with van der Waals surface area (Å²) < 4.78 is 29.0. The molecule has 0 spiro atoms. The van der Waals surface area contributed by atoms with Crippen LogP contribution >= 0.6 is 0 Å². The average Bonchev–Trinajstić information content (AvgIpc) is 3.82. The number of carboxylic acids is 1. The summed E-state index contributed by atoms with van der Waals surface area (Å²) in [5.41, 5.74) is 3.22. The molecule has 0 saturated carbocycles. The SMILES string of the molecule is Cc1ccc(S(=O)(=O)c2cn(C[C@H](Cc3c[nH]c4ccccc34)NC(=O)c3cn(-c4ccc(C(=O)C(=O)O)cc4)nn3)nn2)cc1. The van der Waals surface area contributed by atoms with Gasteiger partial charge >= 0.3 is 5.97 Å². The molecule has 0 aliphatic rings. The number of nitrogens with zero attached hydrogens (tertiary/aromatic N) is 6. The van der Waals surface area contributed by atoms with Crippen LogP contribution in [0.5, 0.6) is 0 Å². The Labute approximate surface area is 261 Å². The molecule has 46 heavy (non-hydrogen) atoms. The van der Waals surface area contributed by atoms with Crippen LogP contribution in [0, 0.1) is 6.92 Å². The standard InChI is InChI=1S/C31H26N8O6S/c1-19-6-12-24(13-7-19)46(44,45)28-18-38(36-35-28)16-22(14-21-15-32-26-5-3-2-4-25(21)26)33-30(41)27-17-39(37-34-27)23-10-8-20(9-11-23)29(40)31(42)43/h2-13,15,17-18,22,32H,14,16H2,1H3,(H,33,41)(H,42,43)/t22-/m0/s1. The monoisotopic (exact) mass is 638 g/mol. The summed E-state index contributed by atoms with van der Waals surface area (Å²) in [6.07, 6.45) is 4.95. The van der Waals surface area contributed by atoms with Crippen molar-refractivity contribution in [3.8, 4) is 5.69 Å². The Hall–Kier alpha value is -5.96. The summed E-state index contributed by atoms with van der Waals surface area (Å²) >= 11 is 0. The van der Waals surface area contributed by atoms with Crippen LogP contribution in [0.4, 0.5) is 0 Å². The van der Waals surface area contributed by atoms with E-state index in [0.717, 1.165) is 22.0 Å². The molecule has 232 valence electrons. The first kappa shape index (κ1) is 30.1. The molecule has 14 nitrogen and oxygen atoms in total. The van der Waals surface area contributed by atoms with Gasteiger partial charge in [-0.1, -0.05) is 46.3 Å². The van der Waals surface area contributed by atoms with Crippen molar-refractivity contribution < 1.29 is 27.9 Å². The Bertz CT molecular complexity index is 2180. The van der Waals surface area contributed by atoms with E-state index < -0.39 is 33.5 Å². The second kappa shape index (κ2) is 12.2. The van der Waals surface area contributed by atoms with Crippen molar-refractivity contribution in [2.45, 2.75) is 35.9 Å². The van der Waals surface area contributed by atoms with Gasteiger partial charge in [-0.25, -0.2) is 22.6 Å². The highest BCUT2D eigenvalue weighted by molar-refractivity contribution is 7.91. The zero-order chi connectivity index (χ0) is 32.4. The fourth-order valence-corrected chi connectivity index (χ4v) is 6.07. The fraction of sp³-hybridized carbons (Fsp3) is 0.129. The number of nitrogens with one attached hydrogen (secondary N) is 2. The number of H-pyrrole nitrogens is 1. The minimum Gasteiger partial charge on any atom is -0.475 e. The lowest BCUT2D eigenvalue weighted by Gasteiger charge is -2.18. The number of benzene rings is 3. The number of hydrogen-bond acceptors (Lipinski definition) is 9. The normalized spacial score (nSPS) is 12.2. The quantitative estimate of drug-likeness (QED) is 0.140. The average molecular weight is 639 g/mol. The number of carbonyl (C=O) groups is 3. The van der Waals surface area contributed by atoms with Crippen LogP contribution in [0.15, 0.2) is 101 Å². The number of sulfone groups is 1. The summed E-state index contributed by atoms with van der Waals surface area (Å²) in [7, 11) is -3.91. The van der Waals surface area contributed by atoms with Crippen LogP contribution in [0.25, 0.3) is 16.6 Å². The van der Waals surface area contributed by atoms with Gasteiger partial charge in [0.15, 0.2) is 5.69 Å². The molecule has 6 rings (SSSR count). The van der Waals surface area contributed by atoms with Crippen LogP contribution in [0.3, 0.4) is 0 Å². The molecular weight excluding hydrogens is 612 g/mol. The van der Waals surface area contributed by atoms with Gasteiger partial charge in [0.25, 0.3) is 11.7 Å². The Morgan fingerprint density at radius 3 is 2.41 bits per heavy atom. The number of aliphatic carboxylic acids is 1. The second-order valence-corrected chi connectivity index (χ2v) is 12.5. The van der Waals surface area contributed by atoms with E-state index in [0.29, 0.717) is 12.1 Å². The van der Waals surface area contributed by atoms with E-state index in [1.54, 1.807) is 12.1 Å². The van der Waals surface area contributed by atoms with E-state index in [9.17, 15) is 22.8 Å². The zero-order valence-corrected chi connectivity index (χ0v) is 25.0. The lowest BCUT2D eigenvalue weighted by molar-refractivity contribution is -0.131. The Balaban J connectivity index is 1.23. The first-order chi connectivity index (χ1) is 22.1. The van der Waals surface area contributed by atoms with E-state index in [2.05, 4.69) is 30.9 Å². The first-order valence-corrected chi connectivity index (χ1v) is 15.4. The van der Waals surface area contributed by atoms with Crippen molar-refractivity contribution in [2.75, 3.05) is 0 Å². The van der Waals surface area contributed by atoms with Gasteiger partial charge in [-0.15, -0.1) is 10.2 Å². The number of carboxylic acid groups (broad SMARTS) is 1. The van der Waals surface area contributed by atoms with Crippen LogP contribution in [-0.4, -0.2) is 72.2 Å². The topological polar surface area (TPSA) is 195 Å². The first-order valence-electron chi connectivity index (χ1n) is 14.0. The summed E-state index contributed by atoms with van der Waals surface area (Å²) in [4.78, 5) is 39.4. The van der Waals surface area contributed by atoms with Crippen molar-refractivity contribution in [3.05, 3.63) is 114 Å². The zero-order valence-electron chi connectivity index (χ0n) is 24.2.